The molecule has 0 bridgehead atoms. The van der Waals surface area contributed by atoms with Gasteiger partial charge in [0.05, 0.1) is 6.57 Å². The van der Waals surface area contributed by atoms with Gasteiger partial charge < -0.3 is 0 Å². The highest BCUT2D eigenvalue weighted by Gasteiger charge is 2.06. The number of nitrogens with zero attached hydrogens (tertiary/aromatic N) is 1. The smallest absolute Gasteiger partial charge is 0.193 e. The van der Waals surface area contributed by atoms with Gasteiger partial charge in [-0.25, -0.2) is 4.85 Å². The second-order valence-corrected chi connectivity index (χ2v) is 3.25. The molecule has 0 atom stereocenters. The van der Waals surface area contributed by atoms with Crippen molar-refractivity contribution in [2.24, 2.45) is 0 Å². The molecule has 0 fully saturated rings. The number of hydrogen-bond donors (Lipinski definition) is 0. The Balaban J connectivity index is 3.36. The van der Waals surface area contributed by atoms with Gasteiger partial charge in [-0.3, -0.25) is 0 Å². The van der Waals surface area contributed by atoms with Gasteiger partial charge >= 0.3 is 0 Å². The Bertz CT molecular complexity index is 320. The molecular weight excluding hydrogens is 158 g/mol. The fourth-order valence-corrected chi connectivity index (χ4v) is 1.62. The Kier molecular flexibility index (Phi) is 3.08. The molecule has 0 saturated heterocycles. The van der Waals surface area contributed by atoms with Crippen molar-refractivity contribution in [1.29, 1.82) is 0 Å². The molecule has 0 aliphatic rings. The summed E-state index contributed by atoms with van der Waals surface area (Å²) in [6, 6.07) is 4.24. The first-order valence-electron chi connectivity index (χ1n) is 4.72. The Hall–Kier alpha value is -1.29. The summed E-state index contributed by atoms with van der Waals surface area (Å²) in [5.41, 5.74) is 4.51. The second kappa shape index (κ2) is 4.09. The highest BCUT2D eigenvalue weighted by atomic mass is 14.7. The zero-order valence-electron chi connectivity index (χ0n) is 8.52. The predicted molar refractivity (Wildman–Crippen MR) is 56.2 cm³/mol. The highest BCUT2D eigenvalue weighted by Crippen LogP contribution is 2.27. The summed E-state index contributed by atoms with van der Waals surface area (Å²) >= 11 is 0. The van der Waals surface area contributed by atoms with Gasteiger partial charge in [-0.15, -0.1) is 0 Å². The Morgan fingerprint density at radius 3 is 1.92 bits per heavy atom. The summed E-state index contributed by atoms with van der Waals surface area (Å²) in [5.74, 6) is 0. The van der Waals surface area contributed by atoms with Gasteiger partial charge in [0.2, 0.25) is 0 Å². The maximum absolute atomic E-state index is 7.13. The number of hydrogen-bond acceptors (Lipinski definition) is 0. The van der Waals surface area contributed by atoms with Crippen LogP contribution in [-0.2, 0) is 12.8 Å². The maximum Gasteiger partial charge on any atom is 0.193 e. The summed E-state index contributed by atoms with van der Waals surface area (Å²) in [5, 5.41) is 0. The zero-order chi connectivity index (χ0) is 9.84. The van der Waals surface area contributed by atoms with Gasteiger partial charge in [-0.1, -0.05) is 31.5 Å². The molecule has 0 unspecified atom stereocenters. The van der Waals surface area contributed by atoms with Gasteiger partial charge in [0.15, 0.2) is 5.69 Å². The van der Waals surface area contributed by atoms with E-state index in [2.05, 4.69) is 37.7 Å². The van der Waals surface area contributed by atoms with E-state index in [1.807, 2.05) is 0 Å². The molecule has 0 aliphatic heterocycles. The van der Waals surface area contributed by atoms with Crippen molar-refractivity contribution in [3.8, 4) is 0 Å². The van der Waals surface area contributed by atoms with Crippen LogP contribution in [0.2, 0.25) is 0 Å². The summed E-state index contributed by atoms with van der Waals surface area (Å²) in [7, 11) is 0. The van der Waals surface area contributed by atoms with Crippen molar-refractivity contribution < 1.29 is 0 Å². The molecule has 1 aromatic carbocycles. The van der Waals surface area contributed by atoms with E-state index in [9.17, 15) is 0 Å². The van der Waals surface area contributed by atoms with E-state index in [-0.39, 0.29) is 0 Å². The predicted octanol–water partition coefficient (Wildman–Crippen LogP) is 3.67. The molecule has 1 nitrogen and oxygen atoms in total. The lowest BCUT2D eigenvalue weighted by atomic mass is 10.0. The Labute approximate surface area is 80.2 Å². The van der Waals surface area contributed by atoms with Crippen LogP contribution in [0.1, 0.15) is 30.5 Å². The van der Waals surface area contributed by atoms with E-state index in [4.69, 9.17) is 6.57 Å². The average Bonchev–Trinajstić information content (AvgIpc) is 2.16. The monoisotopic (exact) mass is 173 g/mol. The highest BCUT2D eigenvalue weighted by molar-refractivity contribution is 5.60. The lowest BCUT2D eigenvalue weighted by Crippen LogP contribution is -1.89. The largest absolute Gasteiger partial charge is 0.238 e. The number of rotatable bonds is 2. The van der Waals surface area contributed by atoms with Crippen LogP contribution in [0.3, 0.4) is 0 Å². The number of aryl methyl sites for hydroxylation is 3. The molecule has 0 amide bonds. The zero-order valence-corrected chi connectivity index (χ0v) is 8.52. The first kappa shape index (κ1) is 9.80. The molecule has 0 saturated carbocycles. The number of benzene rings is 1. The Morgan fingerprint density at radius 2 is 1.62 bits per heavy atom. The van der Waals surface area contributed by atoms with Crippen molar-refractivity contribution in [1.82, 2.24) is 0 Å². The van der Waals surface area contributed by atoms with Gasteiger partial charge in [-0.2, -0.15) is 0 Å². The molecule has 0 aromatic heterocycles. The van der Waals surface area contributed by atoms with Crippen LogP contribution in [0.5, 0.6) is 0 Å². The molecule has 1 rings (SSSR count). The third kappa shape index (κ3) is 1.89. The van der Waals surface area contributed by atoms with Gasteiger partial charge in [0, 0.05) is 0 Å². The summed E-state index contributed by atoms with van der Waals surface area (Å²) in [4.78, 5) is 3.60. The summed E-state index contributed by atoms with van der Waals surface area (Å²) in [6.07, 6.45) is 1.90. The van der Waals surface area contributed by atoms with Crippen molar-refractivity contribution in [3.63, 3.8) is 0 Å². The topological polar surface area (TPSA) is 4.36 Å². The van der Waals surface area contributed by atoms with Gasteiger partial charge in [-0.05, 0) is 30.9 Å². The molecular formula is C12H15N. The second-order valence-electron chi connectivity index (χ2n) is 3.25. The van der Waals surface area contributed by atoms with Gasteiger partial charge in [0.25, 0.3) is 0 Å². The van der Waals surface area contributed by atoms with Gasteiger partial charge in [0.1, 0.15) is 0 Å². The molecule has 13 heavy (non-hydrogen) atoms. The van der Waals surface area contributed by atoms with Crippen molar-refractivity contribution in [2.75, 3.05) is 0 Å². The van der Waals surface area contributed by atoms with E-state index >= 15 is 0 Å². The lowest BCUT2D eigenvalue weighted by molar-refractivity contribution is 1.09. The van der Waals surface area contributed by atoms with Crippen LogP contribution in [0, 0.1) is 13.5 Å². The quantitative estimate of drug-likeness (QED) is 0.601. The summed E-state index contributed by atoms with van der Waals surface area (Å²) in [6.45, 7) is 13.4. The first-order valence-corrected chi connectivity index (χ1v) is 4.72. The Morgan fingerprint density at radius 1 is 1.15 bits per heavy atom. The van der Waals surface area contributed by atoms with E-state index < -0.39 is 0 Å². The molecule has 0 aliphatic carbocycles. The van der Waals surface area contributed by atoms with E-state index in [1.54, 1.807) is 0 Å². The third-order valence-corrected chi connectivity index (χ3v) is 2.29. The molecule has 0 radical (unpaired) electrons. The average molecular weight is 173 g/mol. The van der Waals surface area contributed by atoms with Crippen LogP contribution in [-0.4, -0.2) is 0 Å². The minimum absolute atomic E-state index is 0.871. The normalized spacial score (nSPS) is 9.69. The van der Waals surface area contributed by atoms with Crippen LogP contribution < -0.4 is 0 Å². The van der Waals surface area contributed by atoms with Crippen LogP contribution >= 0.6 is 0 Å². The van der Waals surface area contributed by atoms with Crippen LogP contribution in [0.15, 0.2) is 12.1 Å². The van der Waals surface area contributed by atoms with Crippen LogP contribution in [0.4, 0.5) is 5.69 Å². The first-order chi connectivity index (χ1) is 6.22. The maximum atomic E-state index is 7.13. The van der Waals surface area contributed by atoms with E-state index in [0.717, 1.165) is 18.5 Å². The van der Waals surface area contributed by atoms with E-state index in [1.165, 1.54) is 16.7 Å². The molecule has 0 spiro atoms. The minimum atomic E-state index is 0.871. The molecule has 68 valence electrons. The van der Waals surface area contributed by atoms with Crippen molar-refractivity contribution >= 4 is 5.69 Å². The standard InChI is InChI=1S/C12H15N/c1-5-10-7-9(3)8-11(6-2)12(10)13-4/h7-8H,5-6H2,1-3H3. The van der Waals surface area contributed by atoms with Crippen molar-refractivity contribution in [2.45, 2.75) is 33.6 Å². The van der Waals surface area contributed by atoms with Crippen LogP contribution in [0.25, 0.3) is 4.85 Å². The molecule has 0 N–H and O–H groups in total. The van der Waals surface area contributed by atoms with E-state index in [0.29, 0.717) is 0 Å². The molecule has 1 heteroatoms. The summed E-state index contributed by atoms with van der Waals surface area (Å²) < 4.78 is 0. The molecule has 0 heterocycles. The SMILES string of the molecule is [C-]#[N+]c1c(CC)cc(C)cc1CC. The fraction of sp³-hybridized carbons (Fsp3) is 0.417. The van der Waals surface area contributed by atoms with Crippen molar-refractivity contribution in [3.05, 3.63) is 40.2 Å². The molecule has 1 aromatic rings. The fourth-order valence-electron chi connectivity index (χ4n) is 1.62. The third-order valence-electron chi connectivity index (χ3n) is 2.29. The minimum Gasteiger partial charge on any atom is -0.238 e. The lowest BCUT2D eigenvalue weighted by Gasteiger charge is -2.07.